The van der Waals surface area contributed by atoms with Crippen LogP contribution in [-0.2, 0) is 5.41 Å². The zero-order valence-corrected chi connectivity index (χ0v) is 10.7. The molecule has 0 atom stereocenters. The minimum Gasteiger partial charge on any atom is -0.313 e. The molecule has 2 N–H and O–H groups in total. The Hall–Kier alpha value is -0.990. The molecule has 0 bridgehead atoms. The summed E-state index contributed by atoms with van der Waals surface area (Å²) >= 11 is 0. The molecule has 16 heavy (non-hydrogen) atoms. The Morgan fingerprint density at radius 1 is 1.19 bits per heavy atom. The minimum atomic E-state index is -0.103. The lowest BCUT2D eigenvalue weighted by Crippen LogP contribution is -2.18. The average Bonchev–Trinajstić information content (AvgIpc) is 2.65. The molecule has 92 valence electrons. The molecule has 0 fully saturated rings. The van der Waals surface area contributed by atoms with Crippen LogP contribution < -0.4 is 5.69 Å². The molecule has 0 saturated heterocycles. The molecule has 0 aliphatic carbocycles. The first-order valence-electron chi connectivity index (χ1n) is 6.34. The molecule has 1 aromatic rings. The van der Waals surface area contributed by atoms with Crippen LogP contribution in [0, 0.1) is 0 Å². The highest BCUT2D eigenvalue weighted by Gasteiger charge is 2.21. The number of aromatic amines is 2. The summed E-state index contributed by atoms with van der Waals surface area (Å²) in [5, 5.41) is 0. The molecule has 0 spiro atoms. The molecular weight excluding hydrogens is 200 g/mol. The first-order valence-corrected chi connectivity index (χ1v) is 6.34. The van der Waals surface area contributed by atoms with Crippen LogP contribution >= 0.6 is 0 Å². The summed E-state index contributed by atoms with van der Waals surface area (Å²) in [6.45, 7) is 6.60. The van der Waals surface area contributed by atoms with Gasteiger partial charge < -0.3 is 9.97 Å². The number of hydrogen-bond acceptors (Lipinski definition) is 1. The number of H-pyrrole nitrogens is 2. The third-order valence-electron chi connectivity index (χ3n) is 3.23. The zero-order valence-electron chi connectivity index (χ0n) is 10.7. The topological polar surface area (TPSA) is 48.6 Å². The van der Waals surface area contributed by atoms with Crippen molar-refractivity contribution in [2.24, 2.45) is 0 Å². The summed E-state index contributed by atoms with van der Waals surface area (Å²) in [6, 6.07) is 0. The van der Waals surface area contributed by atoms with E-state index < -0.39 is 0 Å². The summed E-state index contributed by atoms with van der Waals surface area (Å²) < 4.78 is 0. The summed E-state index contributed by atoms with van der Waals surface area (Å²) in [4.78, 5) is 16.6. The van der Waals surface area contributed by atoms with Gasteiger partial charge in [0, 0.05) is 17.3 Å². The second kappa shape index (κ2) is 5.92. The maximum Gasteiger partial charge on any atom is 0.323 e. The molecule has 0 radical (unpaired) electrons. The number of hydrogen-bond donors (Lipinski definition) is 2. The Morgan fingerprint density at radius 3 is 2.44 bits per heavy atom. The van der Waals surface area contributed by atoms with Gasteiger partial charge in [0.15, 0.2) is 0 Å². The van der Waals surface area contributed by atoms with E-state index >= 15 is 0 Å². The van der Waals surface area contributed by atoms with Crippen LogP contribution in [0.4, 0.5) is 0 Å². The first kappa shape index (κ1) is 13.1. The van der Waals surface area contributed by atoms with Gasteiger partial charge in [0.25, 0.3) is 0 Å². The number of unbranched alkanes of at least 4 members (excludes halogenated alkanes) is 4. The van der Waals surface area contributed by atoms with Crippen LogP contribution in [-0.4, -0.2) is 9.97 Å². The lowest BCUT2D eigenvalue weighted by atomic mass is 9.84. The van der Waals surface area contributed by atoms with Crippen molar-refractivity contribution in [1.82, 2.24) is 9.97 Å². The van der Waals surface area contributed by atoms with E-state index in [0.29, 0.717) is 0 Å². The van der Waals surface area contributed by atoms with Gasteiger partial charge >= 0.3 is 5.69 Å². The van der Waals surface area contributed by atoms with E-state index in [4.69, 9.17) is 0 Å². The van der Waals surface area contributed by atoms with E-state index in [1.54, 1.807) is 6.20 Å². The van der Waals surface area contributed by atoms with Gasteiger partial charge in [0.05, 0.1) is 0 Å². The van der Waals surface area contributed by atoms with Gasteiger partial charge in [0.2, 0.25) is 0 Å². The average molecular weight is 224 g/mol. The number of nitrogens with one attached hydrogen (secondary N) is 2. The van der Waals surface area contributed by atoms with Gasteiger partial charge in [0.1, 0.15) is 0 Å². The van der Waals surface area contributed by atoms with Crippen LogP contribution in [0.1, 0.15) is 65.0 Å². The lowest BCUT2D eigenvalue weighted by Gasteiger charge is -2.22. The molecule has 0 saturated carbocycles. The standard InChI is InChI=1S/C13H24N2O/c1-4-5-6-7-8-9-13(2,3)11-10-14-12(16)15-11/h10H,4-9H2,1-3H3,(H2,14,15,16). The number of imidazole rings is 1. The Labute approximate surface area is 97.7 Å². The SMILES string of the molecule is CCCCCCCC(C)(C)c1c[nH]c(=O)[nH]1. The molecule has 0 aliphatic rings. The van der Waals surface area contributed by atoms with Gasteiger partial charge in [-0.05, 0) is 6.42 Å². The Bertz CT molecular complexity index is 349. The minimum absolute atomic E-state index is 0.0748. The molecule has 0 amide bonds. The first-order chi connectivity index (χ1) is 7.56. The zero-order chi connectivity index (χ0) is 12.0. The van der Waals surface area contributed by atoms with Crippen LogP contribution in [0.25, 0.3) is 0 Å². The molecule has 1 rings (SSSR count). The number of rotatable bonds is 7. The van der Waals surface area contributed by atoms with Gasteiger partial charge in [-0.2, -0.15) is 0 Å². The van der Waals surface area contributed by atoms with Crippen LogP contribution in [0.15, 0.2) is 11.0 Å². The molecule has 0 aliphatic heterocycles. The quantitative estimate of drug-likeness (QED) is 0.686. The Kier molecular flexibility index (Phi) is 4.84. The number of aromatic nitrogens is 2. The normalized spacial score (nSPS) is 11.9. The van der Waals surface area contributed by atoms with Gasteiger partial charge in [-0.1, -0.05) is 52.9 Å². The van der Waals surface area contributed by atoms with Crippen LogP contribution in [0.2, 0.25) is 0 Å². The predicted octanol–water partition coefficient (Wildman–Crippen LogP) is 3.34. The van der Waals surface area contributed by atoms with E-state index in [2.05, 4.69) is 30.7 Å². The monoisotopic (exact) mass is 224 g/mol. The van der Waals surface area contributed by atoms with Crippen molar-refractivity contribution >= 4 is 0 Å². The van der Waals surface area contributed by atoms with Crippen molar-refractivity contribution < 1.29 is 0 Å². The molecule has 3 nitrogen and oxygen atoms in total. The van der Waals surface area contributed by atoms with E-state index in [9.17, 15) is 4.79 Å². The summed E-state index contributed by atoms with van der Waals surface area (Å²) in [6.07, 6.45) is 9.41. The van der Waals surface area contributed by atoms with E-state index in [0.717, 1.165) is 12.1 Å². The fourth-order valence-corrected chi connectivity index (χ4v) is 2.00. The van der Waals surface area contributed by atoms with Crippen molar-refractivity contribution in [2.75, 3.05) is 0 Å². The molecule has 3 heteroatoms. The molecule has 0 unspecified atom stereocenters. The van der Waals surface area contributed by atoms with Crippen molar-refractivity contribution in [1.29, 1.82) is 0 Å². The fourth-order valence-electron chi connectivity index (χ4n) is 2.00. The predicted molar refractivity (Wildman–Crippen MR) is 67.8 cm³/mol. The smallest absolute Gasteiger partial charge is 0.313 e. The van der Waals surface area contributed by atoms with Gasteiger partial charge in [-0.3, -0.25) is 0 Å². The second-order valence-corrected chi connectivity index (χ2v) is 5.20. The highest BCUT2D eigenvalue weighted by molar-refractivity contribution is 5.09. The van der Waals surface area contributed by atoms with E-state index in [1.807, 2.05) is 0 Å². The van der Waals surface area contributed by atoms with Crippen molar-refractivity contribution in [3.63, 3.8) is 0 Å². The summed E-state index contributed by atoms with van der Waals surface area (Å²) in [5.41, 5.74) is 0.993. The maximum absolute atomic E-state index is 11.0. The molecule has 0 aromatic carbocycles. The van der Waals surface area contributed by atoms with E-state index in [-0.39, 0.29) is 11.1 Å². The van der Waals surface area contributed by atoms with Crippen molar-refractivity contribution in [2.45, 2.75) is 64.7 Å². The highest BCUT2D eigenvalue weighted by Crippen LogP contribution is 2.26. The Balaban J connectivity index is 2.37. The van der Waals surface area contributed by atoms with Crippen LogP contribution in [0.3, 0.4) is 0 Å². The fraction of sp³-hybridized carbons (Fsp3) is 0.769. The van der Waals surface area contributed by atoms with Crippen molar-refractivity contribution in [3.8, 4) is 0 Å². The van der Waals surface area contributed by atoms with Gasteiger partial charge in [-0.25, -0.2) is 4.79 Å². The van der Waals surface area contributed by atoms with Crippen molar-refractivity contribution in [3.05, 3.63) is 22.4 Å². The van der Waals surface area contributed by atoms with Gasteiger partial charge in [-0.15, -0.1) is 0 Å². The highest BCUT2D eigenvalue weighted by atomic mass is 16.1. The Morgan fingerprint density at radius 2 is 1.88 bits per heavy atom. The largest absolute Gasteiger partial charge is 0.323 e. The van der Waals surface area contributed by atoms with Crippen LogP contribution in [0.5, 0.6) is 0 Å². The lowest BCUT2D eigenvalue weighted by molar-refractivity contribution is 0.434. The van der Waals surface area contributed by atoms with E-state index in [1.165, 1.54) is 32.1 Å². The summed E-state index contributed by atoms with van der Waals surface area (Å²) in [5.74, 6) is 0. The third-order valence-corrected chi connectivity index (χ3v) is 3.23. The third kappa shape index (κ3) is 3.87. The second-order valence-electron chi connectivity index (χ2n) is 5.20. The molecule has 1 aromatic heterocycles. The molecule has 1 heterocycles. The molecular formula is C13H24N2O. The summed E-state index contributed by atoms with van der Waals surface area (Å²) in [7, 11) is 0. The maximum atomic E-state index is 11.0.